The largest absolute Gasteiger partial charge is 0.381 e. The average Bonchev–Trinajstić information content (AvgIpc) is 2.47. The molecule has 0 aromatic rings. The molecule has 8 heteroatoms. The van der Waals surface area contributed by atoms with Crippen molar-refractivity contribution in [3.63, 3.8) is 0 Å². The molecule has 122 valence electrons. The van der Waals surface area contributed by atoms with E-state index in [0.717, 1.165) is 25.7 Å². The molecular formula is C13H25N3O4S. The van der Waals surface area contributed by atoms with E-state index < -0.39 is 10.0 Å². The smallest absolute Gasteiger partial charge is 0.317 e. The SMILES string of the molecule is COC1CCN(C(=O)NC2CCCN(S(C)(=O)=O)C2)CC1. The lowest BCUT2D eigenvalue weighted by molar-refractivity contribution is 0.0497. The first-order valence-electron chi connectivity index (χ1n) is 7.43. The summed E-state index contributed by atoms with van der Waals surface area (Å²) in [4.78, 5) is 14.0. The Bertz CT molecular complexity index is 460. The number of nitrogens with zero attached hydrogens (tertiary/aromatic N) is 2. The number of urea groups is 1. The molecule has 1 atom stereocenters. The monoisotopic (exact) mass is 319 g/mol. The fourth-order valence-electron chi connectivity index (χ4n) is 2.92. The van der Waals surface area contributed by atoms with E-state index in [9.17, 15) is 13.2 Å². The average molecular weight is 319 g/mol. The molecule has 1 N–H and O–H groups in total. The zero-order chi connectivity index (χ0) is 15.5. The maximum absolute atomic E-state index is 12.2. The van der Waals surface area contributed by atoms with Crippen molar-refractivity contribution in [3.8, 4) is 0 Å². The molecule has 0 aliphatic carbocycles. The van der Waals surface area contributed by atoms with E-state index in [2.05, 4.69) is 5.32 Å². The Morgan fingerprint density at radius 1 is 1.19 bits per heavy atom. The topological polar surface area (TPSA) is 79.0 Å². The third-order valence-electron chi connectivity index (χ3n) is 4.24. The van der Waals surface area contributed by atoms with Gasteiger partial charge in [-0.15, -0.1) is 0 Å². The Morgan fingerprint density at radius 2 is 1.86 bits per heavy atom. The van der Waals surface area contributed by atoms with E-state index in [0.29, 0.717) is 26.2 Å². The predicted octanol–water partition coefficient (Wildman–Crippen LogP) is 0.231. The van der Waals surface area contributed by atoms with Gasteiger partial charge in [0, 0.05) is 39.3 Å². The first kappa shape index (κ1) is 16.5. The summed E-state index contributed by atoms with van der Waals surface area (Å²) in [6, 6.07) is -0.189. The molecule has 0 aromatic carbocycles. The van der Waals surface area contributed by atoms with Gasteiger partial charge in [0.25, 0.3) is 0 Å². The van der Waals surface area contributed by atoms with Crippen molar-refractivity contribution in [1.82, 2.24) is 14.5 Å². The maximum atomic E-state index is 12.2. The minimum absolute atomic E-state index is 0.0927. The summed E-state index contributed by atoms with van der Waals surface area (Å²) in [5.41, 5.74) is 0. The molecule has 0 saturated carbocycles. The maximum Gasteiger partial charge on any atom is 0.317 e. The fourth-order valence-corrected chi connectivity index (χ4v) is 3.83. The molecular weight excluding hydrogens is 294 g/mol. The quantitative estimate of drug-likeness (QED) is 0.808. The second-order valence-corrected chi connectivity index (χ2v) is 7.81. The highest BCUT2D eigenvalue weighted by Crippen LogP contribution is 2.15. The van der Waals surface area contributed by atoms with Gasteiger partial charge in [-0.2, -0.15) is 0 Å². The van der Waals surface area contributed by atoms with Crippen LogP contribution in [0.1, 0.15) is 25.7 Å². The molecule has 7 nitrogen and oxygen atoms in total. The van der Waals surface area contributed by atoms with Gasteiger partial charge >= 0.3 is 6.03 Å². The number of nitrogens with one attached hydrogen (secondary N) is 1. The highest BCUT2D eigenvalue weighted by molar-refractivity contribution is 7.88. The molecule has 2 amide bonds. The van der Waals surface area contributed by atoms with Crippen molar-refractivity contribution >= 4 is 16.1 Å². The number of ether oxygens (including phenoxy) is 1. The second-order valence-electron chi connectivity index (χ2n) is 5.83. The van der Waals surface area contributed by atoms with E-state index in [-0.39, 0.29) is 18.2 Å². The Hall–Kier alpha value is -0.860. The highest BCUT2D eigenvalue weighted by atomic mass is 32.2. The number of amides is 2. The van der Waals surface area contributed by atoms with Crippen LogP contribution < -0.4 is 5.32 Å². The molecule has 21 heavy (non-hydrogen) atoms. The molecule has 1 unspecified atom stereocenters. The van der Waals surface area contributed by atoms with E-state index in [1.807, 2.05) is 0 Å². The van der Waals surface area contributed by atoms with Gasteiger partial charge in [-0.25, -0.2) is 17.5 Å². The molecule has 0 bridgehead atoms. The van der Waals surface area contributed by atoms with Gasteiger partial charge in [-0.3, -0.25) is 0 Å². The van der Waals surface area contributed by atoms with Gasteiger partial charge in [0.15, 0.2) is 0 Å². The van der Waals surface area contributed by atoms with Crippen molar-refractivity contribution in [2.24, 2.45) is 0 Å². The number of hydrogen-bond acceptors (Lipinski definition) is 4. The Labute approximate surface area is 126 Å². The van der Waals surface area contributed by atoms with Crippen LogP contribution in [0.4, 0.5) is 4.79 Å². The lowest BCUT2D eigenvalue weighted by Gasteiger charge is -2.35. The van der Waals surface area contributed by atoms with Crippen molar-refractivity contribution in [2.45, 2.75) is 37.8 Å². The van der Waals surface area contributed by atoms with Gasteiger partial charge < -0.3 is 15.0 Å². The van der Waals surface area contributed by atoms with Crippen molar-refractivity contribution in [2.75, 3.05) is 39.5 Å². The normalized spacial score (nSPS) is 25.8. The summed E-state index contributed by atoms with van der Waals surface area (Å²) in [6.07, 6.45) is 4.76. The standard InChI is InChI=1S/C13H25N3O4S/c1-20-12-5-8-15(9-6-12)13(17)14-11-4-3-7-16(10-11)21(2,18)19/h11-12H,3-10H2,1-2H3,(H,14,17). The Kier molecular flexibility index (Phi) is 5.45. The molecule has 2 aliphatic rings. The molecule has 2 aliphatic heterocycles. The summed E-state index contributed by atoms with van der Waals surface area (Å²) in [5, 5.41) is 2.96. The van der Waals surface area contributed by atoms with Gasteiger partial charge in [0.05, 0.1) is 12.4 Å². The minimum Gasteiger partial charge on any atom is -0.381 e. The van der Waals surface area contributed by atoms with Crippen molar-refractivity contribution in [3.05, 3.63) is 0 Å². The van der Waals surface area contributed by atoms with Crippen molar-refractivity contribution in [1.29, 1.82) is 0 Å². The van der Waals surface area contributed by atoms with Crippen LogP contribution >= 0.6 is 0 Å². The van der Waals surface area contributed by atoms with E-state index >= 15 is 0 Å². The lowest BCUT2D eigenvalue weighted by Crippen LogP contribution is -2.54. The fraction of sp³-hybridized carbons (Fsp3) is 0.923. The van der Waals surface area contributed by atoms with Crippen molar-refractivity contribution < 1.29 is 17.9 Å². The zero-order valence-corrected chi connectivity index (χ0v) is 13.6. The van der Waals surface area contributed by atoms with Gasteiger partial charge in [0.2, 0.25) is 10.0 Å². The predicted molar refractivity (Wildman–Crippen MR) is 79.6 cm³/mol. The summed E-state index contributed by atoms with van der Waals surface area (Å²) in [5.74, 6) is 0. The van der Waals surface area contributed by atoms with Crippen LogP contribution in [0.3, 0.4) is 0 Å². The third kappa shape index (κ3) is 4.55. The number of carbonyl (C=O) groups is 1. The molecule has 0 radical (unpaired) electrons. The summed E-state index contributed by atoms with van der Waals surface area (Å²) in [6.45, 7) is 2.29. The summed E-state index contributed by atoms with van der Waals surface area (Å²) >= 11 is 0. The van der Waals surface area contributed by atoms with E-state index in [1.165, 1.54) is 10.6 Å². The Balaban J connectivity index is 1.83. The first-order chi connectivity index (χ1) is 9.90. The van der Waals surface area contributed by atoms with Gasteiger partial charge in [-0.1, -0.05) is 0 Å². The number of methoxy groups -OCH3 is 1. The van der Waals surface area contributed by atoms with Crippen LogP contribution in [0.5, 0.6) is 0 Å². The highest BCUT2D eigenvalue weighted by Gasteiger charge is 2.29. The Morgan fingerprint density at radius 3 is 2.43 bits per heavy atom. The second kappa shape index (κ2) is 6.93. The van der Waals surface area contributed by atoms with E-state index in [4.69, 9.17) is 4.74 Å². The van der Waals surface area contributed by atoms with Crippen LogP contribution in [0.15, 0.2) is 0 Å². The molecule has 0 aromatic heterocycles. The zero-order valence-electron chi connectivity index (χ0n) is 12.7. The molecule has 2 heterocycles. The number of likely N-dealkylation sites (tertiary alicyclic amines) is 1. The van der Waals surface area contributed by atoms with Crippen LogP contribution in [0.25, 0.3) is 0 Å². The van der Waals surface area contributed by atoms with Crippen LogP contribution in [0, 0.1) is 0 Å². The molecule has 0 spiro atoms. The minimum atomic E-state index is -3.18. The number of piperidine rings is 2. The molecule has 2 fully saturated rings. The van der Waals surface area contributed by atoms with Crippen LogP contribution in [-0.2, 0) is 14.8 Å². The van der Waals surface area contributed by atoms with Gasteiger partial charge in [-0.05, 0) is 25.7 Å². The number of sulfonamides is 1. The van der Waals surface area contributed by atoms with Crippen LogP contribution in [0.2, 0.25) is 0 Å². The number of rotatable bonds is 3. The number of hydrogen-bond donors (Lipinski definition) is 1. The van der Waals surface area contributed by atoms with Crippen LogP contribution in [-0.4, -0.2) is 75.3 Å². The van der Waals surface area contributed by atoms with Gasteiger partial charge in [0.1, 0.15) is 0 Å². The number of carbonyl (C=O) groups excluding carboxylic acids is 1. The molecule has 2 rings (SSSR count). The lowest BCUT2D eigenvalue weighted by atomic mass is 10.1. The summed E-state index contributed by atoms with van der Waals surface area (Å²) in [7, 11) is -1.48. The third-order valence-corrected chi connectivity index (χ3v) is 5.51. The summed E-state index contributed by atoms with van der Waals surface area (Å²) < 4.78 is 29.9. The molecule has 2 saturated heterocycles. The first-order valence-corrected chi connectivity index (χ1v) is 9.28. The van der Waals surface area contributed by atoms with E-state index in [1.54, 1.807) is 12.0 Å².